The molecule has 2 saturated heterocycles. The maximum atomic E-state index is 14.0. The van der Waals surface area contributed by atoms with Crippen molar-refractivity contribution in [3.05, 3.63) is 59.2 Å². The molecule has 11 heteroatoms. The first-order valence-corrected chi connectivity index (χ1v) is 18.0. The largest absolute Gasteiger partial charge is 0.383 e. The SMILES string of the molecule is COCCN1CCN(C2(C)CCC(C(C)C)C(c3ccc(-c4n[nH]c5c4C(=O)c4c(NC(=O)NN6CCOCC6)cccc4-5)cc3)C2)CC1. The molecule has 2 aliphatic carbocycles. The fraction of sp³-hybridized carbons (Fsp3) is 0.553. The van der Waals surface area contributed by atoms with Gasteiger partial charge >= 0.3 is 6.03 Å². The Balaban J connectivity index is 1.08. The summed E-state index contributed by atoms with van der Waals surface area (Å²) in [6.07, 6.45) is 3.61. The maximum absolute atomic E-state index is 14.0. The van der Waals surface area contributed by atoms with Crippen LogP contribution >= 0.6 is 0 Å². The zero-order valence-corrected chi connectivity index (χ0v) is 29.4. The number of anilines is 1. The van der Waals surface area contributed by atoms with Crippen LogP contribution in [-0.4, -0.2) is 115 Å². The van der Waals surface area contributed by atoms with Gasteiger partial charge in [-0.1, -0.05) is 50.2 Å². The average Bonchev–Trinajstić information content (AvgIpc) is 3.67. The molecule has 1 saturated carbocycles. The molecule has 0 bridgehead atoms. The summed E-state index contributed by atoms with van der Waals surface area (Å²) in [5, 5.41) is 12.5. The molecule has 3 atom stereocenters. The second-order valence-corrected chi connectivity index (χ2v) is 14.7. The first-order valence-electron chi connectivity index (χ1n) is 18.0. The summed E-state index contributed by atoms with van der Waals surface area (Å²) in [4.78, 5) is 32.1. The van der Waals surface area contributed by atoms with Gasteiger partial charge in [0.2, 0.25) is 0 Å². The lowest BCUT2D eigenvalue weighted by molar-refractivity contribution is -0.00706. The summed E-state index contributed by atoms with van der Waals surface area (Å²) in [5.74, 6) is 1.56. The number of piperazine rings is 1. The highest BCUT2D eigenvalue weighted by Crippen LogP contribution is 2.49. The zero-order valence-electron chi connectivity index (χ0n) is 29.4. The summed E-state index contributed by atoms with van der Waals surface area (Å²) in [7, 11) is 1.78. The normalized spacial score (nSPS) is 25.0. The quantitative estimate of drug-likeness (QED) is 0.222. The summed E-state index contributed by atoms with van der Waals surface area (Å²) >= 11 is 0. The van der Waals surface area contributed by atoms with Crippen molar-refractivity contribution in [2.75, 3.05) is 78.1 Å². The maximum Gasteiger partial charge on any atom is 0.333 e. The number of hydrazine groups is 1. The van der Waals surface area contributed by atoms with Crippen LogP contribution in [0.25, 0.3) is 22.5 Å². The van der Waals surface area contributed by atoms with E-state index in [1.165, 1.54) is 18.4 Å². The van der Waals surface area contributed by atoms with E-state index in [-0.39, 0.29) is 17.4 Å². The van der Waals surface area contributed by atoms with Gasteiger partial charge in [-0.05, 0) is 55.6 Å². The number of H-pyrrole nitrogens is 1. The number of carbonyl (C=O) groups is 2. The Labute approximate surface area is 289 Å². The smallest absolute Gasteiger partial charge is 0.333 e. The van der Waals surface area contributed by atoms with Crippen molar-refractivity contribution in [3.63, 3.8) is 0 Å². The summed E-state index contributed by atoms with van der Waals surface area (Å²) in [5.41, 5.74) is 8.93. The molecular weight excluding hydrogens is 618 g/mol. The van der Waals surface area contributed by atoms with Crippen LogP contribution in [0.4, 0.5) is 10.5 Å². The van der Waals surface area contributed by atoms with E-state index < -0.39 is 0 Å². The lowest BCUT2D eigenvalue weighted by Crippen LogP contribution is -2.58. The third-order valence-electron chi connectivity index (χ3n) is 11.5. The van der Waals surface area contributed by atoms with E-state index in [1.54, 1.807) is 13.2 Å². The van der Waals surface area contributed by atoms with Crippen molar-refractivity contribution >= 4 is 17.5 Å². The van der Waals surface area contributed by atoms with Crippen LogP contribution in [0.15, 0.2) is 42.5 Å². The third kappa shape index (κ3) is 6.79. The van der Waals surface area contributed by atoms with Crippen molar-refractivity contribution in [2.45, 2.75) is 51.5 Å². The Hall–Kier alpha value is -3.61. The van der Waals surface area contributed by atoms with Gasteiger partial charge in [0.15, 0.2) is 5.78 Å². The molecular formula is C38H51N7O4. The van der Waals surface area contributed by atoms with Crippen LogP contribution in [0.2, 0.25) is 0 Å². The van der Waals surface area contributed by atoms with E-state index in [0.29, 0.717) is 72.3 Å². The van der Waals surface area contributed by atoms with Crippen LogP contribution in [0.3, 0.4) is 0 Å². The number of morpholine rings is 1. The van der Waals surface area contributed by atoms with Crippen LogP contribution < -0.4 is 10.7 Å². The van der Waals surface area contributed by atoms with Crippen LogP contribution in [-0.2, 0) is 9.47 Å². The highest BCUT2D eigenvalue weighted by molar-refractivity contribution is 6.26. The van der Waals surface area contributed by atoms with Gasteiger partial charge in [-0.2, -0.15) is 5.10 Å². The second kappa shape index (κ2) is 14.3. The van der Waals surface area contributed by atoms with Crippen molar-refractivity contribution in [3.8, 4) is 22.5 Å². The molecule has 4 aliphatic rings. The number of urea groups is 1. The molecule has 1 aromatic heterocycles. The minimum absolute atomic E-state index is 0.134. The summed E-state index contributed by atoms with van der Waals surface area (Å²) < 4.78 is 10.7. The van der Waals surface area contributed by atoms with Gasteiger partial charge < -0.3 is 14.8 Å². The standard InChI is InChI=1S/C38H51N7O4/c1-25(2)28-12-13-38(3,44-16-14-43(15-17-44)18-21-48-4)24-30(28)26-8-10-27(11-9-26)34-33-35(41-40-34)29-6-5-7-31(32(29)36(33)46)39-37(47)42-45-19-22-49-23-20-45/h5-11,25,28,30H,12-24H2,1-4H3,(H,40,41)(H2,39,42,47). The predicted octanol–water partition coefficient (Wildman–Crippen LogP) is 5.22. The molecule has 2 aliphatic heterocycles. The average molecular weight is 670 g/mol. The van der Waals surface area contributed by atoms with Gasteiger partial charge in [-0.3, -0.25) is 25.1 Å². The molecule has 3 N–H and O–H groups in total. The minimum atomic E-state index is -0.379. The first kappa shape index (κ1) is 33.9. The van der Waals surface area contributed by atoms with Gasteiger partial charge in [0, 0.05) is 69.6 Å². The van der Waals surface area contributed by atoms with Gasteiger partial charge in [0.1, 0.15) is 5.69 Å². The minimum Gasteiger partial charge on any atom is -0.383 e. The molecule has 3 heterocycles. The number of nitrogens with zero attached hydrogens (tertiary/aromatic N) is 4. The number of nitrogens with one attached hydrogen (secondary N) is 3. The number of aromatic amines is 1. The molecule has 0 spiro atoms. The summed E-state index contributed by atoms with van der Waals surface area (Å²) in [6, 6.07) is 13.9. The van der Waals surface area contributed by atoms with Gasteiger partial charge in [0.25, 0.3) is 0 Å². The van der Waals surface area contributed by atoms with Crippen LogP contribution in [0, 0.1) is 11.8 Å². The van der Waals surface area contributed by atoms with Crippen molar-refractivity contribution in [1.29, 1.82) is 0 Å². The molecule has 3 fully saturated rings. The van der Waals surface area contributed by atoms with E-state index in [1.807, 2.05) is 17.1 Å². The first-order chi connectivity index (χ1) is 23.8. The number of ether oxygens (including phenoxy) is 2. The highest BCUT2D eigenvalue weighted by Gasteiger charge is 2.43. The fourth-order valence-corrected chi connectivity index (χ4v) is 8.65. The molecule has 2 amide bonds. The van der Waals surface area contributed by atoms with Gasteiger partial charge in [-0.25, -0.2) is 9.80 Å². The van der Waals surface area contributed by atoms with E-state index in [0.717, 1.165) is 56.9 Å². The number of carbonyl (C=O) groups excluding carboxylic acids is 2. The van der Waals surface area contributed by atoms with E-state index in [2.05, 4.69) is 75.8 Å². The topological polar surface area (TPSA) is 115 Å². The van der Waals surface area contributed by atoms with E-state index in [9.17, 15) is 9.59 Å². The van der Waals surface area contributed by atoms with E-state index in [4.69, 9.17) is 9.47 Å². The highest BCUT2D eigenvalue weighted by atomic mass is 16.5. The van der Waals surface area contributed by atoms with Crippen molar-refractivity contribution < 1.29 is 19.1 Å². The number of rotatable bonds is 9. The fourth-order valence-electron chi connectivity index (χ4n) is 8.65. The number of hydrogen-bond acceptors (Lipinski definition) is 8. The number of ketones is 1. The van der Waals surface area contributed by atoms with Crippen molar-refractivity contribution in [1.82, 2.24) is 30.4 Å². The Kier molecular flexibility index (Phi) is 9.90. The van der Waals surface area contributed by atoms with Gasteiger partial charge in [0.05, 0.1) is 42.3 Å². The molecule has 3 aromatic rings. The monoisotopic (exact) mass is 669 g/mol. The molecule has 3 unspecified atom stereocenters. The molecule has 11 nitrogen and oxygen atoms in total. The molecule has 7 rings (SSSR count). The zero-order chi connectivity index (χ0) is 34.1. The number of aromatic nitrogens is 2. The number of benzene rings is 2. The number of hydrogen-bond donors (Lipinski definition) is 3. The van der Waals surface area contributed by atoms with Gasteiger partial charge in [-0.15, -0.1) is 0 Å². The second-order valence-electron chi connectivity index (χ2n) is 14.7. The lowest BCUT2D eigenvalue weighted by atomic mass is 9.64. The molecule has 0 radical (unpaired) electrons. The number of amides is 2. The Morgan fingerprint density at radius 3 is 2.53 bits per heavy atom. The molecule has 49 heavy (non-hydrogen) atoms. The summed E-state index contributed by atoms with van der Waals surface area (Å²) in [6.45, 7) is 15.8. The number of methoxy groups -OCH3 is 1. The lowest BCUT2D eigenvalue weighted by Gasteiger charge is -2.52. The molecule has 262 valence electrons. The van der Waals surface area contributed by atoms with E-state index >= 15 is 0 Å². The Bertz CT molecular complexity index is 1640. The predicted molar refractivity (Wildman–Crippen MR) is 191 cm³/mol. The number of fused-ring (bicyclic) bond motifs is 3. The van der Waals surface area contributed by atoms with Crippen molar-refractivity contribution in [2.24, 2.45) is 11.8 Å². The third-order valence-corrected chi connectivity index (χ3v) is 11.5. The molecule has 2 aromatic carbocycles. The Morgan fingerprint density at radius 1 is 1.06 bits per heavy atom. The van der Waals surface area contributed by atoms with Crippen LogP contribution in [0.5, 0.6) is 0 Å². The van der Waals surface area contributed by atoms with Crippen LogP contribution in [0.1, 0.15) is 67.4 Å². The Morgan fingerprint density at radius 2 is 1.82 bits per heavy atom.